The topological polar surface area (TPSA) is 87.5 Å². The normalized spacial score (nSPS) is 20.6. The van der Waals surface area contributed by atoms with Gasteiger partial charge >= 0.3 is 0 Å². The number of aromatic nitrogens is 2. The summed E-state index contributed by atoms with van der Waals surface area (Å²) < 4.78 is 1.29. The van der Waals surface area contributed by atoms with Crippen molar-refractivity contribution < 1.29 is 9.59 Å². The van der Waals surface area contributed by atoms with Gasteiger partial charge in [0.05, 0.1) is 24.0 Å². The Balaban J connectivity index is 1.52. The van der Waals surface area contributed by atoms with E-state index in [-0.39, 0.29) is 29.8 Å². The van der Waals surface area contributed by atoms with Crippen LogP contribution in [0, 0.1) is 0 Å². The summed E-state index contributed by atoms with van der Waals surface area (Å²) in [5.74, 6) is 0.0971. The van der Waals surface area contributed by atoms with Crippen molar-refractivity contribution in [1.29, 1.82) is 0 Å². The first kappa shape index (κ1) is 18.6. The molecule has 148 valence electrons. The van der Waals surface area contributed by atoms with Crippen LogP contribution in [0.4, 0.5) is 0 Å². The Morgan fingerprint density at radius 3 is 2.79 bits per heavy atom. The summed E-state index contributed by atoms with van der Waals surface area (Å²) in [5, 5.41) is 8.73. The summed E-state index contributed by atoms with van der Waals surface area (Å²) in [4.78, 5) is 41.2. The molecule has 0 spiro atoms. The van der Waals surface area contributed by atoms with Gasteiger partial charge in [0.1, 0.15) is 0 Å². The number of piperazine rings is 1. The Morgan fingerprint density at radius 2 is 2.00 bits per heavy atom. The van der Waals surface area contributed by atoms with E-state index in [1.807, 2.05) is 28.0 Å². The van der Waals surface area contributed by atoms with Crippen molar-refractivity contribution in [2.45, 2.75) is 25.3 Å². The Bertz CT molecular complexity index is 970. The number of rotatable bonds is 3. The minimum atomic E-state index is -0.165. The number of nitrogens with zero attached hydrogens (tertiary/aromatic N) is 4. The summed E-state index contributed by atoms with van der Waals surface area (Å²) in [6, 6.07) is 7.35. The number of hydrogen-bond acceptors (Lipinski definition) is 5. The number of piperidine rings is 1. The first-order valence-electron chi connectivity index (χ1n) is 9.77. The minimum absolute atomic E-state index is 0.0106. The maximum absolute atomic E-state index is 13.0. The van der Waals surface area contributed by atoms with E-state index in [0.29, 0.717) is 37.3 Å². The Kier molecular flexibility index (Phi) is 5.13. The number of carbonyl (C=O) groups is 2. The third kappa shape index (κ3) is 3.52. The van der Waals surface area contributed by atoms with Gasteiger partial charge in [-0.05, 0) is 18.9 Å². The average molecular weight is 383 g/mol. The van der Waals surface area contributed by atoms with Crippen LogP contribution in [0.5, 0.6) is 0 Å². The SMILES string of the molecule is Cn1nc(CC(=O)N2CCCC(N3CCNCC3=O)C2)c2ccccc2c1=O. The molecule has 2 aliphatic rings. The fourth-order valence-corrected chi connectivity index (χ4v) is 4.20. The maximum atomic E-state index is 13.0. The summed E-state index contributed by atoms with van der Waals surface area (Å²) in [6.45, 7) is 3.12. The van der Waals surface area contributed by atoms with Crippen LogP contribution in [0.15, 0.2) is 29.1 Å². The van der Waals surface area contributed by atoms with Crippen molar-refractivity contribution in [2.24, 2.45) is 7.05 Å². The molecule has 2 fully saturated rings. The number of nitrogens with one attached hydrogen (secondary N) is 1. The van der Waals surface area contributed by atoms with Crippen molar-refractivity contribution in [1.82, 2.24) is 24.9 Å². The number of aryl methyl sites for hydroxylation is 1. The predicted molar refractivity (Wildman–Crippen MR) is 105 cm³/mol. The fraction of sp³-hybridized carbons (Fsp3) is 0.500. The van der Waals surface area contributed by atoms with E-state index in [1.54, 1.807) is 13.1 Å². The molecule has 0 bridgehead atoms. The molecule has 8 nitrogen and oxygen atoms in total. The van der Waals surface area contributed by atoms with E-state index < -0.39 is 0 Å². The minimum Gasteiger partial charge on any atom is -0.340 e. The van der Waals surface area contributed by atoms with Gasteiger partial charge < -0.3 is 15.1 Å². The average Bonchev–Trinajstić information content (AvgIpc) is 2.72. The Hall–Kier alpha value is -2.74. The Morgan fingerprint density at radius 1 is 1.21 bits per heavy atom. The lowest BCUT2D eigenvalue weighted by Gasteiger charge is -2.41. The summed E-state index contributed by atoms with van der Waals surface area (Å²) in [5.41, 5.74) is 0.449. The third-order valence-corrected chi connectivity index (χ3v) is 5.67. The molecule has 2 aromatic rings. The van der Waals surface area contributed by atoms with Crippen molar-refractivity contribution >= 4 is 22.6 Å². The predicted octanol–water partition coefficient (Wildman–Crippen LogP) is -0.101. The molecule has 4 rings (SSSR count). The van der Waals surface area contributed by atoms with Crippen molar-refractivity contribution in [2.75, 3.05) is 32.7 Å². The van der Waals surface area contributed by atoms with Gasteiger partial charge in [0.25, 0.3) is 5.56 Å². The molecule has 1 N–H and O–H groups in total. The smallest absolute Gasteiger partial charge is 0.274 e. The highest BCUT2D eigenvalue weighted by atomic mass is 16.2. The van der Waals surface area contributed by atoms with Crippen LogP contribution in [0.25, 0.3) is 10.8 Å². The Labute approximate surface area is 163 Å². The van der Waals surface area contributed by atoms with Gasteiger partial charge in [-0.15, -0.1) is 0 Å². The van der Waals surface area contributed by atoms with Crippen LogP contribution in [0.2, 0.25) is 0 Å². The van der Waals surface area contributed by atoms with Crippen molar-refractivity contribution in [3.05, 3.63) is 40.3 Å². The molecule has 1 aromatic heterocycles. The van der Waals surface area contributed by atoms with E-state index >= 15 is 0 Å². The molecule has 2 aliphatic heterocycles. The van der Waals surface area contributed by atoms with E-state index in [0.717, 1.165) is 24.8 Å². The highest BCUT2D eigenvalue weighted by molar-refractivity contribution is 5.88. The second-order valence-corrected chi connectivity index (χ2v) is 7.50. The van der Waals surface area contributed by atoms with Crippen LogP contribution in [0.1, 0.15) is 18.5 Å². The molecule has 28 heavy (non-hydrogen) atoms. The number of likely N-dealkylation sites (tertiary alicyclic amines) is 1. The van der Waals surface area contributed by atoms with E-state index in [1.165, 1.54) is 4.68 Å². The number of fused-ring (bicyclic) bond motifs is 1. The van der Waals surface area contributed by atoms with E-state index in [2.05, 4.69) is 10.4 Å². The van der Waals surface area contributed by atoms with Gasteiger partial charge in [0.2, 0.25) is 11.8 Å². The van der Waals surface area contributed by atoms with Gasteiger partial charge in [-0.2, -0.15) is 5.10 Å². The molecule has 1 aromatic carbocycles. The second kappa shape index (κ2) is 7.71. The van der Waals surface area contributed by atoms with Crippen LogP contribution < -0.4 is 10.9 Å². The zero-order valence-corrected chi connectivity index (χ0v) is 16.1. The number of benzene rings is 1. The van der Waals surface area contributed by atoms with Gasteiger partial charge in [-0.1, -0.05) is 18.2 Å². The molecule has 0 aliphatic carbocycles. The zero-order valence-electron chi connectivity index (χ0n) is 16.1. The lowest BCUT2D eigenvalue weighted by molar-refractivity contribution is -0.140. The summed E-state index contributed by atoms with van der Waals surface area (Å²) >= 11 is 0. The highest BCUT2D eigenvalue weighted by Crippen LogP contribution is 2.19. The molecule has 8 heteroatoms. The first-order chi connectivity index (χ1) is 13.5. The molecule has 2 amide bonds. The molecule has 1 atom stereocenters. The third-order valence-electron chi connectivity index (χ3n) is 5.67. The molecular formula is C20H25N5O3. The lowest BCUT2D eigenvalue weighted by atomic mass is 10.0. The summed E-state index contributed by atoms with van der Waals surface area (Å²) in [7, 11) is 1.61. The molecule has 1 unspecified atom stereocenters. The highest BCUT2D eigenvalue weighted by Gasteiger charge is 2.31. The molecule has 2 saturated heterocycles. The largest absolute Gasteiger partial charge is 0.340 e. The van der Waals surface area contributed by atoms with Crippen LogP contribution in [0.3, 0.4) is 0 Å². The van der Waals surface area contributed by atoms with E-state index in [4.69, 9.17) is 0 Å². The summed E-state index contributed by atoms with van der Waals surface area (Å²) in [6.07, 6.45) is 1.96. The fourth-order valence-electron chi connectivity index (χ4n) is 4.20. The first-order valence-corrected chi connectivity index (χ1v) is 9.77. The maximum Gasteiger partial charge on any atom is 0.274 e. The van der Waals surface area contributed by atoms with Crippen molar-refractivity contribution in [3.8, 4) is 0 Å². The standard InChI is InChI=1S/C20H25N5O3/c1-23-20(28)16-7-3-2-6-15(16)17(22-23)11-18(26)24-9-4-5-14(13-24)25-10-8-21-12-19(25)27/h2-3,6-7,14,21H,4-5,8-13H2,1H3. The quantitative estimate of drug-likeness (QED) is 0.800. The number of carbonyl (C=O) groups excluding carboxylic acids is 2. The van der Waals surface area contributed by atoms with Gasteiger partial charge in [0.15, 0.2) is 0 Å². The van der Waals surface area contributed by atoms with Crippen LogP contribution in [-0.4, -0.2) is 70.2 Å². The van der Waals surface area contributed by atoms with Crippen molar-refractivity contribution in [3.63, 3.8) is 0 Å². The monoisotopic (exact) mass is 383 g/mol. The molecule has 0 radical (unpaired) electrons. The molecule has 0 saturated carbocycles. The van der Waals surface area contributed by atoms with Crippen LogP contribution in [-0.2, 0) is 23.1 Å². The number of amides is 2. The van der Waals surface area contributed by atoms with Gasteiger partial charge in [-0.25, -0.2) is 4.68 Å². The van der Waals surface area contributed by atoms with Gasteiger partial charge in [0, 0.05) is 44.7 Å². The zero-order chi connectivity index (χ0) is 19.7. The number of hydrogen-bond donors (Lipinski definition) is 1. The van der Waals surface area contributed by atoms with Gasteiger partial charge in [-0.3, -0.25) is 14.4 Å². The second-order valence-electron chi connectivity index (χ2n) is 7.50. The lowest BCUT2D eigenvalue weighted by Crippen LogP contribution is -2.57. The van der Waals surface area contributed by atoms with Crippen LogP contribution >= 0.6 is 0 Å². The molecular weight excluding hydrogens is 358 g/mol. The van der Waals surface area contributed by atoms with E-state index in [9.17, 15) is 14.4 Å². The molecule has 3 heterocycles.